The second kappa shape index (κ2) is 8.85. The summed E-state index contributed by atoms with van der Waals surface area (Å²) in [5, 5.41) is 2.95. The molecule has 0 radical (unpaired) electrons. The molecule has 3 aliphatic rings. The number of ether oxygens (including phenoxy) is 1. The summed E-state index contributed by atoms with van der Waals surface area (Å²) >= 11 is 0. The van der Waals surface area contributed by atoms with E-state index in [2.05, 4.69) is 10.3 Å². The minimum Gasteiger partial charge on any atom is -0.444 e. The standard InChI is InChI=1S/C27H33F2N5O3/c1-25(2,3)37-24(36)34-16-27(17-34)14-33(15-27)23(35)31-21-19(18-7-5-6-8-20(18)28)9-11-30-22(21)32-12-10-26(4,29)13-32/h5-9,11H,10,12-17H2,1-4H3,(H,31,35). The van der Waals surface area contributed by atoms with Gasteiger partial charge in [0.25, 0.3) is 0 Å². The number of benzene rings is 1. The van der Waals surface area contributed by atoms with Crippen molar-refractivity contribution in [3.05, 3.63) is 42.3 Å². The molecule has 10 heteroatoms. The molecule has 3 saturated heterocycles. The Hall–Kier alpha value is -3.43. The predicted molar refractivity (Wildman–Crippen MR) is 137 cm³/mol. The minimum atomic E-state index is -1.37. The molecule has 1 unspecified atom stereocenters. The van der Waals surface area contributed by atoms with Gasteiger partial charge in [-0.25, -0.2) is 23.4 Å². The van der Waals surface area contributed by atoms with Crippen molar-refractivity contribution < 1.29 is 23.1 Å². The van der Waals surface area contributed by atoms with E-state index in [-0.39, 0.29) is 24.1 Å². The van der Waals surface area contributed by atoms with E-state index in [1.807, 2.05) is 20.8 Å². The number of halogens is 2. The van der Waals surface area contributed by atoms with Gasteiger partial charge in [-0.2, -0.15) is 0 Å². The van der Waals surface area contributed by atoms with Gasteiger partial charge in [-0.15, -0.1) is 0 Å². The minimum absolute atomic E-state index is 0.134. The van der Waals surface area contributed by atoms with Gasteiger partial charge in [-0.1, -0.05) is 18.2 Å². The number of carbonyl (C=O) groups is 2. The van der Waals surface area contributed by atoms with Gasteiger partial charge >= 0.3 is 12.1 Å². The Kier molecular flexibility index (Phi) is 6.03. The first-order chi connectivity index (χ1) is 17.3. The number of nitrogens with one attached hydrogen (secondary N) is 1. The number of likely N-dealkylation sites (tertiary alicyclic amines) is 2. The highest BCUT2D eigenvalue weighted by atomic mass is 19.1. The van der Waals surface area contributed by atoms with Crippen LogP contribution in [0, 0.1) is 11.2 Å². The fraction of sp³-hybridized carbons (Fsp3) is 0.519. The SMILES string of the molecule is CC1(F)CCN(c2nccc(-c3ccccc3F)c2NC(=O)N2CC3(C2)CN(C(=O)OC(C)(C)C)C3)C1. The summed E-state index contributed by atoms with van der Waals surface area (Å²) in [5.41, 5.74) is -0.886. The van der Waals surface area contributed by atoms with Crippen molar-refractivity contribution in [2.45, 2.75) is 45.4 Å². The van der Waals surface area contributed by atoms with Crippen molar-refractivity contribution in [1.82, 2.24) is 14.8 Å². The molecule has 3 aliphatic heterocycles. The molecule has 1 atom stereocenters. The smallest absolute Gasteiger partial charge is 0.410 e. The lowest BCUT2D eigenvalue weighted by molar-refractivity contribution is -0.0935. The number of rotatable bonds is 3. The number of nitrogens with zero attached hydrogens (tertiary/aromatic N) is 4. The fourth-order valence-corrected chi connectivity index (χ4v) is 5.33. The molecule has 37 heavy (non-hydrogen) atoms. The molecule has 0 aliphatic carbocycles. The molecule has 1 spiro atoms. The fourth-order valence-electron chi connectivity index (χ4n) is 5.33. The third-order valence-corrected chi connectivity index (χ3v) is 7.09. The van der Waals surface area contributed by atoms with Crippen molar-refractivity contribution in [2.75, 3.05) is 49.5 Å². The average molecular weight is 514 g/mol. The van der Waals surface area contributed by atoms with Gasteiger partial charge in [0.1, 0.15) is 17.1 Å². The Morgan fingerprint density at radius 3 is 2.32 bits per heavy atom. The zero-order valence-corrected chi connectivity index (χ0v) is 21.7. The molecule has 5 rings (SSSR count). The Bertz CT molecular complexity index is 1210. The maximum atomic E-state index is 14.8. The molecule has 0 saturated carbocycles. The highest BCUT2D eigenvalue weighted by molar-refractivity contribution is 5.99. The number of amides is 3. The first-order valence-electron chi connectivity index (χ1n) is 12.6. The van der Waals surface area contributed by atoms with Crippen LogP contribution in [0.3, 0.4) is 0 Å². The molecule has 0 bridgehead atoms. The number of alkyl halides is 1. The second-order valence-electron chi connectivity index (χ2n) is 11.7. The van der Waals surface area contributed by atoms with Crippen molar-refractivity contribution in [3.63, 3.8) is 0 Å². The molecule has 198 valence electrons. The maximum Gasteiger partial charge on any atom is 0.410 e. The van der Waals surface area contributed by atoms with E-state index >= 15 is 0 Å². The number of hydrogen-bond acceptors (Lipinski definition) is 5. The molecular weight excluding hydrogens is 480 g/mol. The summed E-state index contributed by atoms with van der Waals surface area (Å²) in [7, 11) is 0. The van der Waals surface area contributed by atoms with E-state index in [1.54, 1.807) is 52.1 Å². The summed E-state index contributed by atoms with van der Waals surface area (Å²) in [4.78, 5) is 35.1. The Morgan fingerprint density at radius 2 is 1.70 bits per heavy atom. The van der Waals surface area contributed by atoms with Crippen LogP contribution in [0.2, 0.25) is 0 Å². The summed E-state index contributed by atoms with van der Waals surface area (Å²) in [6.07, 6.45) is 1.55. The summed E-state index contributed by atoms with van der Waals surface area (Å²) in [5.74, 6) is -0.00281. The maximum absolute atomic E-state index is 14.8. The molecular formula is C27H33F2N5O3. The van der Waals surface area contributed by atoms with Gasteiger partial charge in [0.15, 0.2) is 5.82 Å². The van der Waals surface area contributed by atoms with Crippen molar-refractivity contribution in [3.8, 4) is 11.1 Å². The first-order valence-corrected chi connectivity index (χ1v) is 12.6. The predicted octanol–water partition coefficient (Wildman–Crippen LogP) is 4.91. The van der Waals surface area contributed by atoms with Crippen LogP contribution in [0.1, 0.15) is 34.1 Å². The molecule has 3 fully saturated rings. The summed E-state index contributed by atoms with van der Waals surface area (Å²) < 4.78 is 34.9. The Labute approximate surface area is 215 Å². The second-order valence-corrected chi connectivity index (χ2v) is 11.7. The molecule has 1 aromatic heterocycles. The van der Waals surface area contributed by atoms with E-state index in [1.165, 1.54) is 6.07 Å². The van der Waals surface area contributed by atoms with E-state index in [0.717, 1.165) is 0 Å². The Morgan fingerprint density at radius 1 is 1.03 bits per heavy atom. The first kappa shape index (κ1) is 25.2. The number of carbonyl (C=O) groups excluding carboxylic acids is 2. The zero-order valence-electron chi connectivity index (χ0n) is 21.7. The summed E-state index contributed by atoms with van der Waals surface area (Å²) in [6.45, 7) is 9.67. The van der Waals surface area contributed by atoms with Crippen molar-refractivity contribution in [2.24, 2.45) is 5.41 Å². The lowest BCUT2D eigenvalue weighted by atomic mass is 9.73. The van der Waals surface area contributed by atoms with Gasteiger partial charge in [-0.3, -0.25) is 0 Å². The Balaban J connectivity index is 1.32. The van der Waals surface area contributed by atoms with E-state index in [9.17, 15) is 18.4 Å². The van der Waals surface area contributed by atoms with E-state index < -0.39 is 17.1 Å². The highest BCUT2D eigenvalue weighted by Gasteiger charge is 2.55. The third-order valence-electron chi connectivity index (χ3n) is 7.09. The van der Waals surface area contributed by atoms with Gasteiger partial charge in [-0.05, 0) is 39.8 Å². The van der Waals surface area contributed by atoms with Gasteiger partial charge in [0.05, 0.1) is 12.2 Å². The van der Waals surface area contributed by atoms with Crippen molar-refractivity contribution >= 4 is 23.6 Å². The number of hydrogen-bond donors (Lipinski definition) is 1. The van der Waals surface area contributed by atoms with E-state index in [4.69, 9.17) is 4.74 Å². The molecule has 2 aromatic rings. The number of anilines is 2. The molecule has 3 amide bonds. The van der Waals surface area contributed by atoms with Crippen molar-refractivity contribution in [1.29, 1.82) is 0 Å². The van der Waals surface area contributed by atoms with Crippen LogP contribution in [-0.4, -0.2) is 77.4 Å². The number of urea groups is 1. The normalized spacial score (nSPS) is 22.5. The van der Waals surface area contributed by atoms with Crippen LogP contribution in [-0.2, 0) is 4.74 Å². The monoisotopic (exact) mass is 513 g/mol. The third kappa shape index (κ3) is 5.06. The molecule has 4 heterocycles. The highest BCUT2D eigenvalue weighted by Crippen LogP contribution is 2.42. The molecule has 1 N–H and O–H groups in total. The van der Waals surface area contributed by atoms with Crippen LogP contribution in [0.5, 0.6) is 0 Å². The zero-order chi connectivity index (χ0) is 26.6. The molecule has 8 nitrogen and oxygen atoms in total. The molecule has 1 aromatic carbocycles. The van der Waals surface area contributed by atoms with Crippen LogP contribution in [0.4, 0.5) is 29.9 Å². The summed E-state index contributed by atoms with van der Waals surface area (Å²) in [6, 6.07) is 7.66. The largest absolute Gasteiger partial charge is 0.444 e. The van der Waals surface area contributed by atoms with E-state index in [0.29, 0.717) is 61.8 Å². The van der Waals surface area contributed by atoms with Crippen LogP contribution < -0.4 is 10.2 Å². The van der Waals surface area contributed by atoms with Gasteiger partial charge in [0, 0.05) is 61.9 Å². The van der Waals surface area contributed by atoms with Crippen LogP contribution >= 0.6 is 0 Å². The van der Waals surface area contributed by atoms with Gasteiger partial charge in [0.2, 0.25) is 0 Å². The lowest BCUT2D eigenvalue weighted by Gasteiger charge is -2.59. The number of aromatic nitrogens is 1. The van der Waals surface area contributed by atoms with Gasteiger partial charge < -0.3 is 24.8 Å². The van der Waals surface area contributed by atoms with Crippen LogP contribution in [0.25, 0.3) is 11.1 Å². The average Bonchev–Trinajstić information content (AvgIpc) is 3.10. The topological polar surface area (TPSA) is 78.0 Å². The quantitative estimate of drug-likeness (QED) is 0.631. The number of pyridine rings is 1. The lowest BCUT2D eigenvalue weighted by Crippen LogP contribution is -2.74. The van der Waals surface area contributed by atoms with Crippen LogP contribution in [0.15, 0.2) is 36.5 Å².